The fraction of sp³-hybridized carbons (Fsp3) is 0.286. The number of hydrogen-bond donors (Lipinski definition) is 1. The smallest absolute Gasteiger partial charge is 0.278 e. The number of allylic oxidation sites excluding steroid dienone is 3. The predicted octanol–water partition coefficient (Wildman–Crippen LogP) is 2.82. The number of alkyl halides is 1. The van der Waals surface area contributed by atoms with Crippen LogP contribution in [0.1, 0.15) is 6.42 Å². The first-order chi connectivity index (χ1) is 5.52. The van der Waals surface area contributed by atoms with Gasteiger partial charge >= 0.3 is 0 Å². The molecule has 66 valence electrons. The second kappa shape index (κ2) is 3.73. The van der Waals surface area contributed by atoms with Gasteiger partial charge in [0.15, 0.2) is 0 Å². The Balaban J connectivity index is 2.69. The van der Waals surface area contributed by atoms with E-state index in [4.69, 9.17) is 28.9 Å². The van der Waals surface area contributed by atoms with Crippen LogP contribution < -0.4 is 5.73 Å². The standard InChI is InChI=1S/C7H7Cl2NOS/c8-5-2-1-3-7(9,4-5)12-6(10)11/h1-3H,4H2,(H2,10,11). The molecular formula is C7H7Cl2NOS. The van der Waals surface area contributed by atoms with Crippen molar-refractivity contribution in [1.82, 2.24) is 0 Å². The summed E-state index contributed by atoms with van der Waals surface area (Å²) in [5.41, 5.74) is 5.00. The number of carbonyl (C=O) groups is 1. The van der Waals surface area contributed by atoms with Crippen molar-refractivity contribution in [1.29, 1.82) is 0 Å². The molecule has 0 aromatic heterocycles. The van der Waals surface area contributed by atoms with Gasteiger partial charge in [-0.25, -0.2) is 0 Å². The fourth-order valence-corrected chi connectivity index (χ4v) is 2.47. The van der Waals surface area contributed by atoms with Crippen molar-refractivity contribution in [2.45, 2.75) is 10.6 Å². The van der Waals surface area contributed by atoms with E-state index < -0.39 is 9.45 Å². The van der Waals surface area contributed by atoms with E-state index in [0.29, 0.717) is 11.5 Å². The zero-order chi connectivity index (χ0) is 9.19. The Labute approximate surface area is 84.8 Å². The van der Waals surface area contributed by atoms with Gasteiger partial charge in [-0.1, -0.05) is 23.8 Å². The Morgan fingerprint density at radius 3 is 2.92 bits per heavy atom. The molecule has 0 bridgehead atoms. The van der Waals surface area contributed by atoms with E-state index >= 15 is 0 Å². The lowest BCUT2D eigenvalue weighted by Gasteiger charge is -2.22. The molecule has 0 saturated carbocycles. The Morgan fingerprint density at radius 1 is 1.75 bits per heavy atom. The van der Waals surface area contributed by atoms with Crippen LogP contribution in [0.4, 0.5) is 4.79 Å². The molecule has 1 atom stereocenters. The number of nitrogens with two attached hydrogens (primary N) is 1. The first-order valence-corrected chi connectivity index (χ1v) is 4.80. The summed E-state index contributed by atoms with van der Waals surface area (Å²) in [4.78, 5) is 10.6. The highest BCUT2D eigenvalue weighted by molar-refractivity contribution is 8.15. The van der Waals surface area contributed by atoms with Gasteiger partial charge in [-0.2, -0.15) is 0 Å². The molecular weight excluding hydrogens is 217 g/mol. The lowest BCUT2D eigenvalue weighted by molar-refractivity contribution is 0.267. The van der Waals surface area contributed by atoms with E-state index in [1.54, 1.807) is 18.2 Å². The average molecular weight is 224 g/mol. The summed E-state index contributed by atoms with van der Waals surface area (Å²) >= 11 is 12.6. The molecule has 0 heterocycles. The van der Waals surface area contributed by atoms with Gasteiger partial charge in [0.25, 0.3) is 5.24 Å². The highest BCUT2D eigenvalue weighted by Crippen LogP contribution is 2.40. The Bertz CT molecular complexity index is 260. The van der Waals surface area contributed by atoms with Crippen LogP contribution in [0, 0.1) is 0 Å². The van der Waals surface area contributed by atoms with Crippen molar-refractivity contribution >= 4 is 40.2 Å². The van der Waals surface area contributed by atoms with Gasteiger partial charge in [-0.05, 0) is 17.8 Å². The molecule has 0 aliphatic heterocycles. The van der Waals surface area contributed by atoms with Crippen molar-refractivity contribution in [3.05, 3.63) is 23.3 Å². The van der Waals surface area contributed by atoms with Gasteiger partial charge in [-0.15, -0.1) is 11.6 Å². The Hall–Kier alpha value is -0.120. The molecule has 0 saturated heterocycles. The minimum absolute atomic E-state index is 0.431. The first kappa shape index (κ1) is 9.96. The van der Waals surface area contributed by atoms with Crippen LogP contribution in [0.2, 0.25) is 0 Å². The van der Waals surface area contributed by atoms with Crippen LogP contribution in [0.25, 0.3) is 0 Å². The van der Waals surface area contributed by atoms with Gasteiger partial charge < -0.3 is 5.73 Å². The van der Waals surface area contributed by atoms with Crippen molar-refractivity contribution in [2.24, 2.45) is 5.73 Å². The maximum absolute atomic E-state index is 10.6. The van der Waals surface area contributed by atoms with E-state index in [-0.39, 0.29) is 0 Å². The monoisotopic (exact) mass is 223 g/mol. The van der Waals surface area contributed by atoms with Gasteiger partial charge in [0, 0.05) is 11.5 Å². The van der Waals surface area contributed by atoms with Gasteiger partial charge in [-0.3, -0.25) is 4.79 Å². The first-order valence-electron chi connectivity index (χ1n) is 3.23. The summed E-state index contributed by atoms with van der Waals surface area (Å²) in [7, 11) is 0. The molecule has 0 spiro atoms. The molecule has 1 aliphatic rings. The largest absolute Gasteiger partial charge is 0.360 e. The second-order valence-electron chi connectivity index (χ2n) is 2.36. The van der Waals surface area contributed by atoms with Crippen molar-refractivity contribution in [2.75, 3.05) is 0 Å². The quantitative estimate of drug-likeness (QED) is 0.696. The van der Waals surface area contributed by atoms with Crippen LogP contribution in [0.5, 0.6) is 0 Å². The normalized spacial score (nSPS) is 28.3. The summed E-state index contributed by atoms with van der Waals surface area (Å²) in [5, 5.41) is 0.127. The molecule has 2 N–H and O–H groups in total. The summed E-state index contributed by atoms with van der Waals surface area (Å²) in [6.45, 7) is 0. The minimum Gasteiger partial charge on any atom is -0.360 e. The van der Waals surface area contributed by atoms with E-state index in [0.717, 1.165) is 11.8 Å². The maximum Gasteiger partial charge on any atom is 0.278 e. The zero-order valence-electron chi connectivity index (χ0n) is 6.09. The van der Waals surface area contributed by atoms with E-state index in [1.165, 1.54) is 0 Å². The fourth-order valence-electron chi connectivity index (χ4n) is 0.882. The molecule has 0 radical (unpaired) electrons. The molecule has 1 rings (SSSR count). The number of carbonyl (C=O) groups excluding carboxylic acids is 1. The van der Waals surface area contributed by atoms with Crippen molar-refractivity contribution in [3.8, 4) is 0 Å². The van der Waals surface area contributed by atoms with Crippen LogP contribution in [0.3, 0.4) is 0 Å². The van der Waals surface area contributed by atoms with Crippen LogP contribution in [0.15, 0.2) is 23.3 Å². The topological polar surface area (TPSA) is 43.1 Å². The Kier molecular flexibility index (Phi) is 3.09. The van der Waals surface area contributed by atoms with E-state index in [1.807, 2.05) is 0 Å². The van der Waals surface area contributed by atoms with E-state index in [9.17, 15) is 4.79 Å². The van der Waals surface area contributed by atoms with Crippen LogP contribution in [-0.4, -0.2) is 9.45 Å². The molecule has 0 aromatic rings. The molecule has 0 aromatic carbocycles. The average Bonchev–Trinajstić information content (AvgIpc) is 1.82. The molecule has 1 amide bonds. The summed E-state index contributed by atoms with van der Waals surface area (Å²) < 4.78 is -0.794. The SMILES string of the molecule is NC(=O)SC1(Cl)C=CC=C(Cl)C1. The number of rotatable bonds is 1. The maximum atomic E-state index is 10.6. The van der Waals surface area contributed by atoms with Crippen LogP contribution >= 0.6 is 35.0 Å². The molecule has 12 heavy (non-hydrogen) atoms. The van der Waals surface area contributed by atoms with Crippen molar-refractivity contribution < 1.29 is 4.79 Å². The zero-order valence-corrected chi connectivity index (χ0v) is 8.42. The third kappa shape index (κ3) is 2.73. The van der Waals surface area contributed by atoms with E-state index in [2.05, 4.69) is 0 Å². The number of thioether (sulfide) groups is 1. The second-order valence-corrected chi connectivity index (χ2v) is 5.08. The molecule has 2 nitrogen and oxygen atoms in total. The third-order valence-corrected chi connectivity index (χ3v) is 2.87. The highest BCUT2D eigenvalue weighted by atomic mass is 35.5. The molecule has 1 unspecified atom stereocenters. The summed E-state index contributed by atoms with van der Waals surface area (Å²) in [6, 6.07) is 0. The van der Waals surface area contributed by atoms with Gasteiger partial charge in [0.2, 0.25) is 0 Å². The van der Waals surface area contributed by atoms with Crippen LogP contribution in [-0.2, 0) is 0 Å². The number of primary amides is 1. The number of hydrogen-bond acceptors (Lipinski definition) is 2. The van der Waals surface area contributed by atoms with Gasteiger partial charge in [0.1, 0.15) is 4.21 Å². The summed E-state index contributed by atoms with van der Waals surface area (Å²) in [6.07, 6.45) is 5.59. The number of halogens is 2. The number of amides is 1. The van der Waals surface area contributed by atoms with Crippen molar-refractivity contribution in [3.63, 3.8) is 0 Å². The lowest BCUT2D eigenvalue weighted by atomic mass is 10.2. The highest BCUT2D eigenvalue weighted by Gasteiger charge is 2.29. The Morgan fingerprint density at radius 2 is 2.42 bits per heavy atom. The molecule has 1 aliphatic carbocycles. The van der Waals surface area contributed by atoms with Gasteiger partial charge in [0.05, 0.1) is 0 Å². The lowest BCUT2D eigenvalue weighted by Crippen LogP contribution is -2.20. The molecule has 0 fully saturated rings. The molecule has 5 heteroatoms. The summed E-state index contributed by atoms with van der Waals surface area (Å²) in [5.74, 6) is 0. The predicted molar refractivity (Wildman–Crippen MR) is 53.5 cm³/mol. The minimum atomic E-state index is -0.794. The third-order valence-electron chi connectivity index (χ3n) is 1.30.